The molecule has 0 amide bonds. The third-order valence-corrected chi connectivity index (χ3v) is 8.96. The highest BCUT2D eigenvalue weighted by atomic mass is 127. The van der Waals surface area contributed by atoms with E-state index in [2.05, 4.69) is 56.5 Å². The van der Waals surface area contributed by atoms with Crippen molar-refractivity contribution in [3.05, 3.63) is 27.3 Å². The van der Waals surface area contributed by atoms with Gasteiger partial charge in [0.1, 0.15) is 0 Å². The zero-order chi connectivity index (χ0) is 13.3. The van der Waals surface area contributed by atoms with Crippen molar-refractivity contribution >= 4 is 36.6 Å². The minimum Gasteiger partial charge on any atom is -0.412 e. The molecule has 0 aliphatic carbocycles. The van der Waals surface area contributed by atoms with Crippen LogP contribution in [-0.4, -0.2) is 8.32 Å². The van der Waals surface area contributed by atoms with Crippen molar-refractivity contribution in [3.63, 3.8) is 0 Å². The van der Waals surface area contributed by atoms with Crippen LogP contribution in [-0.2, 0) is 11.0 Å². The largest absolute Gasteiger partial charge is 0.412 e. The summed E-state index contributed by atoms with van der Waals surface area (Å²) in [5.41, 5.74) is 8.00. The number of halogens is 1. The predicted octanol–water partition coefficient (Wildman–Crippen LogP) is 4.40. The average molecular weight is 363 g/mol. The van der Waals surface area contributed by atoms with E-state index < -0.39 is 8.32 Å². The fourth-order valence-corrected chi connectivity index (χ4v) is 2.69. The highest BCUT2D eigenvalue weighted by molar-refractivity contribution is 14.1. The zero-order valence-electron chi connectivity index (χ0n) is 11.3. The summed E-state index contributed by atoms with van der Waals surface area (Å²) in [4.78, 5) is 0. The van der Waals surface area contributed by atoms with Crippen molar-refractivity contribution in [2.75, 3.05) is 5.73 Å². The van der Waals surface area contributed by atoms with Gasteiger partial charge >= 0.3 is 0 Å². The molecule has 0 unspecified atom stereocenters. The summed E-state index contributed by atoms with van der Waals surface area (Å²) < 4.78 is 7.27. The number of hydrogen-bond donors (Lipinski definition) is 1. The first-order valence-corrected chi connectivity index (χ1v) is 9.81. The molecule has 0 aliphatic heterocycles. The fourth-order valence-electron chi connectivity index (χ4n) is 1.18. The maximum atomic E-state index is 6.17. The number of rotatable bonds is 3. The molecule has 1 aromatic carbocycles. The highest BCUT2D eigenvalue weighted by Crippen LogP contribution is 2.37. The van der Waals surface area contributed by atoms with Crippen molar-refractivity contribution in [1.82, 2.24) is 0 Å². The Labute approximate surface area is 119 Å². The van der Waals surface area contributed by atoms with Crippen molar-refractivity contribution in [2.24, 2.45) is 0 Å². The molecule has 1 rings (SSSR count). The summed E-state index contributed by atoms with van der Waals surface area (Å²) in [6.45, 7) is 11.9. The van der Waals surface area contributed by atoms with Crippen molar-refractivity contribution in [2.45, 2.75) is 45.5 Å². The molecule has 0 radical (unpaired) electrons. The molecule has 2 N–H and O–H groups in total. The van der Waals surface area contributed by atoms with Crippen LogP contribution < -0.4 is 5.73 Å². The first-order chi connectivity index (χ1) is 7.65. The predicted molar refractivity (Wildman–Crippen MR) is 85.6 cm³/mol. The molecule has 1 aromatic rings. The molecular formula is C13H22INOSi. The van der Waals surface area contributed by atoms with Gasteiger partial charge in [-0.1, -0.05) is 32.9 Å². The second-order valence-electron chi connectivity index (χ2n) is 5.86. The van der Waals surface area contributed by atoms with E-state index in [1.165, 1.54) is 0 Å². The Bertz CT molecular complexity index is 399. The number of anilines is 1. The van der Waals surface area contributed by atoms with Crippen LogP contribution in [0.1, 0.15) is 26.3 Å². The van der Waals surface area contributed by atoms with E-state index in [-0.39, 0.29) is 5.04 Å². The van der Waals surface area contributed by atoms with Crippen LogP contribution in [0.4, 0.5) is 5.69 Å². The van der Waals surface area contributed by atoms with Crippen LogP contribution in [0, 0.1) is 3.57 Å². The van der Waals surface area contributed by atoms with Crippen LogP contribution in [0.25, 0.3) is 0 Å². The number of nitrogens with two attached hydrogens (primary N) is 1. The molecule has 4 heteroatoms. The lowest BCUT2D eigenvalue weighted by molar-refractivity contribution is 0.277. The van der Waals surface area contributed by atoms with E-state index >= 15 is 0 Å². The summed E-state index contributed by atoms with van der Waals surface area (Å²) in [5.74, 6) is 0. The lowest BCUT2D eigenvalue weighted by Crippen LogP contribution is -2.40. The third-order valence-electron chi connectivity index (χ3n) is 3.54. The van der Waals surface area contributed by atoms with E-state index in [0.717, 1.165) is 14.8 Å². The number of nitrogen functional groups attached to an aromatic ring is 1. The Morgan fingerprint density at radius 1 is 1.29 bits per heavy atom. The molecule has 17 heavy (non-hydrogen) atoms. The SMILES string of the molecule is CC(C)(C)[Si](C)(C)OCc1cccc(I)c1N. The standard InChI is InChI=1S/C13H22INOSi/c1-13(2,3)17(4,5)16-9-10-7-6-8-11(14)12(10)15/h6-8H,9,15H2,1-5H3. The number of benzene rings is 1. The van der Waals surface area contributed by atoms with E-state index in [1.54, 1.807) is 0 Å². The van der Waals surface area contributed by atoms with Gasteiger partial charge in [0.2, 0.25) is 0 Å². The summed E-state index contributed by atoms with van der Waals surface area (Å²) >= 11 is 2.26. The molecular weight excluding hydrogens is 341 g/mol. The minimum absolute atomic E-state index is 0.240. The fraction of sp³-hybridized carbons (Fsp3) is 0.538. The molecule has 2 nitrogen and oxygen atoms in total. The number of para-hydroxylation sites is 1. The van der Waals surface area contributed by atoms with E-state index in [4.69, 9.17) is 10.2 Å². The van der Waals surface area contributed by atoms with Crippen molar-refractivity contribution in [3.8, 4) is 0 Å². The van der Waals surface area contributed by atoms with E-state index in [1.807, 2.05) is 18.2 Å². The quantitative estimate of drug-likeness (QED) is 0.491. The van der Waals surface area contributed by atoms with Crippen LogP contribution in [0.5, 0.6) is 0 Å². The van der Waals surface area contributed by atoms with Gasteiger partial charge in [-0.25, -0.2) is 0 Å². The molecule has 0 saturated heterocycles. The third kappa shape index (κ3) is 3.69. The van der Waals surface area contributed by atoms with E-state index in [9.17, 15) is 0 Å². The molecule has 0 atom stereocenters. The topological polar surface area (TPSA) is 35.2 Å². The summed E-state index contributed by atoms with van der Waals surface area (Å²) in [7, 11) is -1.69. The second kappa shape index (κ2) is 5.28. The van der Waals surface area contributed by atoms with E-state index in [0.29, 0.717) is 6.61 Å². The van der Waals surface area contributed by atoms with Crippen LogP contribution >= 0.6 is 22.6 Å². The van der Waals surface area contributed by atoms with Crippen molar-refractivity contribution in [1.29, 1.82) is 0 Å². The van der Waals surface area contributed by atoms with Crippen LogP contribution in [0.3, 0.4) is 0 Å². The van der Waals surface area contributed by atoms with Gasteiger partial charge in [0.25, 0.3) is 0 Å². The Balaban J connectivity index is 2.78. The molecule has 0 heterocycles. The molecule has 0 spiro atoms. The maximum Gasteiger partial charge on any atom is 0.192 e. The first kappa shape index (κ1) is 15.0. The molecule has 0 bridgehead atoms. The Kier molecular flexibility index (Phi) is 4.65. The highest BCUT2D eigenvalue weighted by Gasteiger charge is 2.37. The molecule has 0 aromatic heterocycles. The monoisotopic (exact) mass is 363 g/mol. The molecule has 0 fully saturated rings. The average Bonchev–Trinajstić information content (AvgIpc) is 2.18. The number of hydrogen-bond acceptors (Lipinski definition) is 2. The van der Waals surface area contributed by atoms with Gasteiger partial charge in [-0.2, -0.15) is 0 Å². The second-order valence-corrected chi connectivity index (χ2v) is 11.8. The van der Waals surface area contributed by atoms with Crippen LogP contribution in [0.2, 0.25) is 18.1 Å². The lowest BCUT2D eigenvalue weighted by Gasteiger charge is -2.36. The summed E-state index contributed by atoms with van der Waals surface area (Å²) in [6.07, 6.45) is 0. The van der Waals surface area contributed by atoms with Gasteiger partial charge in [0, 0.05) is 9.13 Å². The molecule has 0 saturated carbocycles. The zero-order valence-corrected chi connectivity index (χ0v) is 14.5. The Morgan fingerprint density at radius 2 is 1.88 bits per heavy atom. The molecule has 96 valence electrons. The van der Waals surface area contributed by atoms with Gasteiger partial charge in [0.05, 0.1) is 12.3 Å². The lowest BCUT2D eigenvalue weighted by atomic mass is 10.2. The van der Waals surface area contributed by atoms with Gasteiger partial charge < -0.3 is 10.2 Å². The van der Waals surface area contributed by atoms with Gasteiger partial charge in [-0.05, 0) is 46.8 Å². The van der Waals surface area contributed by atoms with Gasteiger partial charge in [-0.15, -0.1) is 0 Å². The maximum absolute atomic E-state index is 6.17. The Hall–Kier alpha value is -0.0731. The van der Waals surface area contributed by atoms with Gasteiger partial charge in [-0.3, -0.25) is 0 Å². The normalized spacial score (nSPS) is 12.8. The van der Waals surface area contributed by atoms with Crippen LogP contribution in [0.15, 0.2) is 18.2 Å². The summed E-state index contributed by atoms with van der Waals surface area (Å²) in [6, 6.07) is 6.10. The minimum atomic E-state index is -1.69. The van der Waals surface area contributed by atoms with Crippen molar-refractivity contribution < 1.29 is 4.43 Å². The Morgan fingerprint density at radius 3 is 2.41 bits per heavy atom. The molecule has 0 aliphatic rings. The smallest absolute Gasteiger partial charge is 0.192 e. The summed E-state index contributed by atoms with van der Waals surface area (Å²) in [5, 5.41) is 0.240. The van der Waals surface area contributed by atoms with Gasteiger partial charge in [0.15, 0.2) is 8.32 Å². The first-order valence-electron chi connectivity index (χ1n) is 5.82.